The number of rotatable bonds is 3. The molecule has 2 fully saturated rings. The fraction of sp³-hybridized carbons (Fsp3) is 0.600. The molecule has 2 aromatic rings. The highest BCUT2D eigenvalue weighted by molar-refractivity contribution is 5.93. The summed E-state index contributed by atoms with van der Waals surface area (Å²) in [6, 6.07) is 3.01. The van der Waals surface area contributed by atoms with Gasteiger partial charge in [0.1, 0.15) is 0 Å². The molecule has 0 aromatic carbocycles. The molecule has 4 heterocycles. The molecule has 2 bridgehead atoms. The van der Waals surface area contributed by atoms with Crippen molar-refractivity contribution in [3.05, 3.63) is 18.0 Å². The molecular formula is C15H20N6O2. The minimum absolute atomic E-state index is 0.183. The van der Waals surface area contributed by atoms with Gasteiger partial charge in [0, 0.05) is 31.2 Å². The van der Waals surface area contributed by atoms with Crippen molar-refractivity contribution in [2.75, 3.05) is 7.05 Å². The van der Waals surface area contributed by atoms with Crippen LogP contribution in [0.2, 0.25) is 0 Å². The summed E-state index contributed by atoms with van der Waals surface area (Å²) in [5.41, 5.74) is 0.855. The zero-order valence-electron chi connectivity index (χ0n) is 13.3. The van der Waals surface area contributed by atoms with Gasteiger partial charge in [-0.2, -0.15) is 0 Å². The Morgan fingerprint density at radius 3 is 2.70 bits per heavy atom. The zero-order chi connectivity index (χ0) is 16.0. The molecule has 4 rings (SSSR count). The van der Waals surface area contributed by atoms with Gasteiger partial charge >= 0.3 is 0 Å². The van der Waals surface area contributed by atoms with Gasteiger partial charge in [0.25, 0.3) is 5.91 Å². The molecule has 2 saturated heterocycles. The first-order valence-corrected chi connectivity index (χ1v) is 7.96. The third kappa shape index (κ3) is 2.63. The largest absolute Gasteiger partial charge is 0.354 e. The third-order valence-corrected chi connectivity index (χ3v) is 5.03. The van der Waals surface area contributed by atoms with E-state index in [0.29, 0.717) is 23.5 Å². The lowest BCUT2D eigenvalue weighted by Crippen LogP contribution is -2.48. The molecule has 0 spiro atoms. The number of aryl methyl sites for hydroxylation is 1. The molecule has 2 unspecified atom stereocenters. The number of fused-ring (bicyclic) bond motifs is 2. The van der Waals surface area contributed by atoms with Crippen molar-refractivity contribution in [2.24, 2.45) is 7.05 Å². The second-order valence-electron chi connectivity index (χ2n) is 6.55. The van der Waals surface area contributed by atoms with E-state index >= 15 is 0 Å². The number of carbonyl (C=O) groups excluding carboxylic acids is 1. The topological polar surface area (TPSA) is 89.1 Å². The first-order valence-electron chi connectivity index (χ1n) is 7.96. The first kappa shape index (κ1) is 14.4. The minimum Gasteiger partial charge on any atom is -0.354 e. The molecule has 0 aliphatic carbocycles. The fourth-order valence-corrected chi connectivity index (χ4v) is 3.75. The highest BCUT2D eigenvalue weighted by atomic mass is 16.5. The number of nitrogens with one attached hydrogen (secondary N) is 1. The van der Waals surface area contributed by atoms with Crippen LogP contribution in [0.1, 0.15) is 36.2 Å². The lowest BCUT2D eigenvalue weighted by molar-refractivity contribution is 0.0873. The summed E-state index contributed by atoms with van der Waals surface area (Å²) in [6.07, 6.45) is 6.20. The molecule has 1 N–H and O–H groups in total. The van der Waals surface area contributed by atoms with Crippen molar-refractivity contribution < 1.29 is 9.32 Å². The second kappa shape index (κ2) is 5.45. The molecule has 2 atom stereocenters. The van der Waals surface area contributed by atoms with Gasteiger partial charge in [0.05, 0.1) is 6.20 Å². The van der Waals surface area contributed by atoms with Gasteiger partial charge in [-0.15, -0.1) is 5.10 Å². The zero-order valence-corrected chi connectivity index (χ0v) is 13.3. The monoisotopic (exact) mass is 316 g/mol. The first-order chi connectivity index (χ1) is 11.1. The molecule has 2 aromatic heterocycles. The number of piperidine rings is 1. The van der Waals surface area contributed by atoms with Crippen LogP contribution in [-0.4, -0.2) is 56.1 Å². The lowest BCUT2D eigenvalue weighted by atomic mass is 9.98. The summed E-state index contributed by atoms with van der Waals surface area (Å²) in [5, 5.41) is 14.8. The van der Waals surface area contributed by atoms with E-state index in [1.165, 1.54) is 12.8 Å². The Balaban J connectivity index is 1.43. The van der Waals surface area contributed by atoms with Crippen molar-refractivity contribution in [1.82, 2.24) is 30.4 Å². The van der Waals surface area contributed by atoms with Gasteiger partial charge in [-0.3, -0.25) is 9.48 Å². The molecule has 2 aliphatic rings. The Kier molecular flexibility index (Phi) is 3.41. The number of aromatic nitrogens is 4. The van der Waals surface area contributed by atoms with Gasteiger partial charge in [-0.05, 0) is 32.7 Å². The van der Waals surface area contributed by atoms with Gasteiger partial charge in [-0.1, -0.05) is 10.4 Å². The Morgan fingerprint density at radius 1 is 1.30 bits per heavy atom. The standard InChI is InChI=1S/C15H20N6O2/c1-20-8-13(17-19-20)14-7-12(18-23-14)15(22)16-9-5-10-3-4-11(6-9)21(10)2/h7-11H,3-6H2,1-2H3,(H,16,22). The highest BCUT2D eigenvalue weighted by Gasteiger charge is 2.39. The van der Waals surface area contributed by atoms with Crippen LogP contribution < -0.4 is 5.32 Å². The smallest absolute Gasteiger partial charge is 0.273 e. The molecule has 8 heteroatoms. The van der Waals surface area contributed by atoms with Crippen LogP contribution in [0.4, 0.5) is 0 Å². The summed E-state index contributed by atoms with van der Waals surface area (Å²) in [4.78, 5) is 14.8. The summed E-state index contributed by atoms with van der Waals surface area (Å²) >= 11 is 0. The summed E-state index contributed by atoms with van der Waals surface area (Å²) in [6.45, 7) is 0. The van der Waals surface area contributed by atoms with Crippen molar-refractivity contribution in [1.29, 1.82) is 0 Å². The van der Waals surface area contributed by atoms with Gasteiger partial charge in [0.2, 0.25) is 0 Å². The highest BCUT2D eigenvalue weighted by Crippen LogP contribution is 2.34. The summed E-state index contributed by atoms with van der Waals surface area (Å²) in [5.74, 6) is 0.268. The van der Waals surface area contributed by atoms with E-state index < -0.39 is 0 Å². The van der Waals surface area contributed by atoms with Gasteiger partial charge < -0.3 is 14.7 Å². The number of hydrogen-bond acceptors (Lipinski definition) is 6. The number of amides is 1. The second-order valence-corrected chi connectivity index (χ2v) is 6.55. The lowest BCUT2D eigenvalue weighted by Gasteiger charge is -2.36. The Labute approximate surface area is 133 Å². The van der Waals surface area contributed by atoms with Gasteiger partial charge in [0.15, 0.2) is 17.1 Å². The molecule has 2 aliphatic heterocycles. The molecule has 0 saturated carbocycles. The Hall–Kier alpha value is -2.22. The predicted molar refractivity (Wildman–Crippen MR) is 81.6 cm³/mol. The van der Waals surface area contributed by atoms with E-state index in [-0.39, 0.29) is 17.6 Å². The van der Waals surface area contributed by atoms with Crippen molar-refractivity contribution in [3.8, 4) is 11.5 Å². The maximum Gasteiger partial charge on any atom is 0.273 e. The molecule has 122 valence electrons. The average molecular weight is 316 g/mol. The summed E-state index contributed by atoms with van der Waals surface area (Å²) in [7, 11) is 3.96. The van der Waals surface area contributed by atoms with Crippen molar-refractivity contribution in [3.63, 3.8) is 0 Å². The molecule has 1 amide bonds. The van der Waals surface area contributed by atoms with E-state index in [0.717, 1.165) is 12.8 Å². The Bertz CT molecular complexity index is 709. The maximum atomic E-state index is 12.4. The number of hydrogen-bond donors (Lipinski definition) is 1. The van der Waals surface area contributed by atoms with E-state index in [4.69, 9.17) is 4.52 Å². The van der Waals surface area contributed by atoms with Gasteiger partial charge in [-0.25, -0.2) is 0 Å². The maximum absolute atomic E-state index is 12.4. The third-order valence-electron chi connectivity index (χ3n) is 5.03. The number of carbonyl (C=O) groups is 1. The van der Waals surface area contributed by atoms with Crippen LogP contribution in [-0.2, 0) is 7.05 Å². The van der Waals surface area contributed by atoms with Crippen molar-refractivity contribution >= 4 is 5.91 Å². The molecule has 23 heavy (non-hydrogen) atoms. The average Bonchev–Trinajstić information content (AvgIpc) is 3.20. The van der Waals surface area contributed by atoms with E-state index in [1.807, 2.05) is 0 Å². The number of nitrogens with zero attached hydrogens (tertiary/aromatic N) is 5. The molecule has 8 nitrogen and oxygen atoms in total. The molecular weight excluding hydrogens is 296 g/mol. The quantitative estimate of drug-likeness (QED) is 0.902. The van der Waals surface area contributed by atoms with E-state index in [9.17, 15) is 4.79 Å². The van der Waals surface area contributed by atoms with Crippen LogP contribution >= 0.6 is 0 Å². The SMILES string of the molecule is CN1C2CCC1CC(NC(=O)c1cc(-c3cn(C)nn3)on1)C2. The fourth-order valence-electron chi connectivity index (χ4n) is 3.75. The Morgan fingerprint density at radius 2 is 2.04 bits per heavy atom. The predicted octanol–water partition coefficient (Wildman–Crippen LogP) is 0.825. The van der Waals surface area contributed by atoms with Crippen LogP contribution in [0.3, 0.4) is 0 Å². The molecule has 0 radical (unpaired) electrons. The van der Waals surface area contributed by atoms with Crippen LogP contribution in [0, 0.1) is 0 Å². The normalized spacial score (nSPS) is 27.3. The van der Waals surface area contributed by atoms with Crippen LogP contribution in [0.5, 0.6) is 0 Å². The van der Waals surface area contributed by atoms with E-state index in [1.54, 1.807) is 24.0 Å². The van der Waals surface area contributed by atoms with Crippen LogP contribution in [0.15, 0.2) is 16.8 Å². The van der Waals surface area contributed by atoms with Crippen molar-refractivity contribution in [2.45, 2.75) is 43.8 Å². The summed E-state index contributed by atoms with van der Waals surface area (Å²) < 4.78 is 6.79. The van der Waals surface area contributed by atoms with Crippen LogP contribution in [0.25, 0.3) is 11.5 Å². The van der Waals surface area contributed by atoms with E-state index in [2.05, 4.69) is 32.7 Å². The minimum atomic E-state index is -0.183.